The minimum atomic E-state index is -0.129. The summed E-state index contributed by atoms with van der Waals surface area (Å²) in [6.07, 6.45) is 3.31. The van der Waals surface area contributed by atoms with Crippen LogP contribution >= 0.6 is 0 Å². The maximum Gasteiger partial charge on any atom is 0.172 e. The number of hydrogen-bond donors (Lipinski definition) is 2. The number of phenols is 1. The molecular formula is C18H21N3O3. The fourth-order valence-electron chi connectivity index (χ4n) is 3.14. The molecule has 0 spiro atoms. The summed E-state index contributed by atoms with van der Waals surface area (Å²) < 4.78 is 0. The van der Waals surface area contributed by atoms with Crippen molar-refractivity contribution in [2.24, 2.45) is 5.92 Å². The van der Waals surface area contributed by atoms with Crippen LogP contribution in [-0.2, 0) is 6.42 Å². The van der Waals surface area contributed by atoms with Crippen molar-refractivity contribution < 1.29 is 15.0 Å². The Morgan fingerprint density at radius 3 is 2.46 bits per heavy atom. The number of aryl methyl sites for hydroxylation is 1. The molecule has 1 aliphatic heterocycles. The summed E-state index contributed by atoms with van der Waals surface area (Å²) in [5.41, 5.74) is 1.63. The van der Waals surface area contributed by atoms with Crippen LogP contribution in [0.5, 0.6) is 11.5 Å². The first-order valence-corrected chi connectivity index (χ1v) is 8.12. The molecule has 6 heteroatoms. The highest BCUT2D eigenvalue weighted by atomic mass is 16.3. The molecule has 0 aliphatic carbocycles. The number of carbonyl (C=O) groups is 1. The van der Waals surface area contributed by atoms with Crippen molar-refractivity contribution >= 4 is 12.0 Å². The van der Waals surface area contributed by atoms with Crippen molar-refractivity contribution in [2.45, 2.75) is 26.2 Å². The Balaban J connectivity index is 1.62. The highest BCUT2D eigenvalue weighted by Crippen LogP contribution is 2.27. The van der Waals surface area contributed by atoms with E-state index in [0.29, 0.717) is 30.1 Å². The van der Waals surface area contributed by atoms with E-state index in [-0.39, 0.29) is 17.2 Å². The summed E-state index contributed by atoms with van der Waals surface area (Å²) in [6.45, 7) is 3.56. The van der Waals surface area contributed by atoms with E-state index >= 15 is 0 Å². The van der Waals surface area contributed by atoms with Crippen molar-refractivity contribution in [1.29, 1.82) is 0 Å². The Hall–Kier alpha value is -2.63. The van der Waals surface area contributed by atoms with E-state index < -0.39 is 0 Å². The summed E-state index contributed by atoms with van der Waals surface area (Å²) in [4.78, 5) is 21.7. The fraction of sp³-hybridized carbons (Fsp3) is 0.389. The van der Waals surface area contributed by atoms with Crippen molar-refractivity contribution in [2.75, 3.05) is 18.0 Å². The number of aldehydes is 1. The second-order valence-electron chi connectivity index (χ2n) is 6.23. The number of piperidine rings is 1. The van der Waals surface area contributed by atoms with E-state index in [0.717, 1.165) is 31.6 Å². The van der Waals surface area contributed by atoms with E-state index in [1.54, 1.807) is 19.1 Å². The lowest BCUT2D eigenvalue weighted by molar-refractivity contribution is 0.111. The molecule has 1 fully saturated rings. The fourth-order valence-corrected chi connectivity index (χ4v) is 3.14. The first-order chi connectivity index (χ1) is 11.6. The van der Waals surface area contributed by atoms with Crippen molar-refractivity contribution in [1.82, 2.24) is 9.97 Å². The number of aromatic hydroxyl groups is 2. The summed E-state index contributed by atoms with van der Waals surface area (Å²) in [5.74, 6) is 1.23. The van der Waals surface area contributed by atoms with Gasteiger partial charge in [-0.05, 0) is 49.9 Å². The molecule has 6 nitrogen and oxygen atoms in total. The van der Waals surface area contributed by atoms with Crippen molar-refractivity contribution in [3.05, 3.63) is 41.5 Å². The molecule has 3 rings (SSSR count). The zero-order valence-electron chi connectivity index (χ0n) is 13.6. The first-order valence-electron chi connectivity index (χ1n) is 8.12. The molecule has 0 bridgehead atoms. The van der Waals surface area contributed by atoms with Gasteiger partial charge in [0, 0.05) is 25.2 Å². The number of hydrogen-bond acceptors (Lipinski definition) is 6. The number of nitrogens with zero attached hydrogens (tertiary/aromatic N) is 3. The Bertz CT molecular complexity index is 723. The predicted molar refractivity (Wildman–Crippen MR) is 90.6 cm³/mol. The van der Waals surface area contributed by atoms with E-state index in [9.17, 15) is 15.0 Å². The van der Waals surface area contributed by atoms with Gasteiger partial charge < -0.3 is 15.1 Å². The van der Waals surface area contributed by atoms with Crippen LogP contribution < -0.4 is 4.90 Å². The SMILES string of the molecule is Cc1nc(CC2CCN(c3ccc(O)cc3)CC2)nc(C=O)c1O. The standard InChI is InChI=1S/C18H21N3O3/c1-12-18(24)16(11-22)20-17(19-12)10-13-6-8-21(9-7-13)14-2-4-15(23)5-3-14/h2-5,11,13,23-24H,6-10H2,1H3. The summed E-state index contributed by atoms with van der Waals surface area (Å²) in [6, 6.07) is 7.27. The molecule has 1 aromatic heterocycles. The van der Waals surface area contributed by atoms with Gasteiger partial charge in [-0.3, -0.25) is 4.79 Å². The maximum atomic E-state index is 11.0. The third kappa shape index (κ3) is 3.48. The highest BCUT2D eigenvalue weighted by molar-refractivity contribution is 5.76. The average molecular weight is 327 g/mol. The van der Waals surface area contributed by atoms with Gasteiger partial charge >= 0.3 is 0 Å². The maximum absolute atomic E-state index is 11.0. The zero-order chi connectivity index (χ0) is 17.1. The molecule has 0 radical (unpaired) electrons. The molecule has 0 unspecified atom stereocenters. The molecule has 0 amide bonds. The smallest absolute Gasteiger partial charge is 0.172 e. The normalized spacial score (nSPS) is 15.5. The van der Waals surface area contributed by atoms with Gasteiger partial charge in [0.15, 0.2) is 12.0 Å². The van der Waals surface area contributed by atoms with E-state index in [2.05, 4.69) is 14.9 Å². The van der Waals surface area contributed by atoms with Crippen molar-refractivity contribution in [3.63, 3.8) is 0 Å². The molecule has 0 saturated carbocycles. The van der Waals surface area contributed by atoms with Gasteiger partial charge in [0.25, 0.3) is 0 Å². The molecule has 2 N–H and O–H groups in total. The average Bonchev–Trinajstić information content (AvgIpc) is 2.59. The monoisotopic (exact) mass is 327 g/mol. The number of rotatable bonds is 4. The summed E-state index contributed by atoms with van der Waals surface area (Å²) >= 11 is 0. The van der Waals surface area contributed by atoms with E-state index in [4.69, 9.17) is 0 Å². The Morgan fingerprint density at radius 1 is 1.17 bits per heavy atom. The van der Waals surface area contributed by atoms with Crippen LogP contribution in [0.1, 0.15) is 34.8 Å². The minimum Gasteiger partial charge on any atom is -0.508 e. The zero-order valence-corrected chi connectivity index (χ0v) is 13.6. The third-order valence-electron chi connectivity index (χ3n) is 4.54. The predicted octanol–water partition coefficient (Wildman–Crippen LogP) is 2.47. The van der Waals surface area contributed by atoms with Gasteiger partial charge in [0.2, 0.25) is 0 Å². The highest BCUT2D eigenvalue weighted by Gasteiger charge is 2.21. The number of benzene rings is 1. The molecule has 1 saturated heterocycles. The largest absolute Gasteiger partial charge is 0.508 e. The number of aromatic nitrogens is 2. The topological polar surface area (TPSA) is 86.5 Å². The molecule has 1 aliphatic rings. The number of carbonyl (C=O) groups excluding carboxylic acids is 1. The van der Waals surface area contributed by atoms with Crippen LogP contribution in [-0.4, -0.2) is 39.6 Å². The van der Waals surface area contributed by atoms with Gasteiger partial charge in [-0.2, -0.15) is 0 Å². The first kappa shape index (κ1) is 16.2. The summed E-state index contributed by atoms with van der Waals surface area (Å²) in [7, 11) is 0. The summed E-state index contributed by atoms with van der Waals surface area (Å²) in [5, 5.41) is 19.1. The van der Waals surface area contributed by atoms with Crippen LogP contribution in [0.2, 0.25) is 0 Å². The Labute approximate surface area is 140 Å². The van der Waals surface area contributed by atoms with E-state index in [1.807, 2.05) is 12.1 Å². The Kier molecular flexibility index (Phi) is 4.64. The number of anilines is 1. The molecule has 0 atom stereocenters. The van der Waals surface area contributed by atoms with Crippen LogP contribution in [0.15, 0.2) is 24.3 Å². The minimum absolute atomic E-state index is 0.0685. The van der Waals surface area contributed by atoms with Crippen LogP contribution in [0.3, 0.4) is 0 Å². The van der Waals surface area contributed by atoms with Gasteiger partial charge in [-0.15, -0.1) is 0 Å². The van der Waals surface area contributed by atoms with E-state index in [1.165, 1.54) is 0 Å². The molecule has 1 aromatic carbocycles. The molecular weight excluding hydrogens is 306 g/mol. The van der Waals surface area contributed by atoms with Crippen LogP contribution in [0.25, 0.3) is 0 Å². The quantitative estimate of drug-likeness (QED) is 0.839. The van der Waals surface area contributed by atoms with Gasteiger partial charge in [0.05, 0.1) is 5.69 Å². The second-order valence-corrected chi connectivity index (χ2v) is 6.23. The van der Waals surface area contributed by atoms with Gasteiger partial charge in [0.1, 0.15) is 17.3 Å². The third-order valence-corrected chi connectivity index (χ3v) is 4.54. The molecule has 126 valence electrons. The Morgan fingerprint density at radius 2 is 1.83 bits per heavy atom. The molecule has 24 heavy (non-hydrogen) atoms. The van der Waals surface area contributed by atoms with Crippen LogP contribution in [0, 0.1) is 12.8 Å². The van der Waals surface area contributed by atoms with Crippen molar-refractivity contribution in [3.8, 4) is 11.5 Å². The van der Waals surface area contributed by atoms with Gasteiger partial charge in [-0.25, -0.2) is 9.97 Å². The second kappa shape index (κ2) is 6.86. The lowest BCUT2D eigenvalue weighted by Gasteiger charge is -2.33. The van der Waals surface area contributed by atoms with Crippen LogP contribution in [0.4, 0.5) is 5.69 Å². The lowest BCUT2D eigenvalue weighted by atomic mass is 9.93. The lowest BCUT2D eigenvalue weighted by Crippen LogP contribution is -2.34. The molecule has 2 aromatic rings. The molecule has 2 heterocycles. The van der Waals surface area contributed by atoms with Gasteiger partial charge in [-0.1, -0.05) is 0 Å². The number of phenolic OH excluding ortho intramolecular Hbond substituents is 1.